The standard InChI is InChI=1S/C19H20ClNO3/c1-19(2)10-13-8-11(4-6-14(13)17(19)21-18(22)23)12-5-7-16(24-3)15(20)9-12/h4-9,17,21H,10H2,1-3H3,(H,22,23)/t17-/m0/s1. The Morgan fingerprint density at radius 3 is 2.54 bits per heavy atom. The predicted octanol–water partition coefficient (Wildman–Crippen LogP) is 4.91. The zero-order valence-electron chi connectivity index (χ0n) is 13.9. The molecule has 0 bridgehead atoms. The average molecular weight is 346 g/mol. The number of methoxy groups -OCH3 is 1. The van der Waals surface area contributed by atoms with Crippen molar-refractivity contribution in [1.82, 2.24) is 5.32 Å². The van der Waals surface area contributed by atoms with Crippen LogP contribution in [0.4, 0.5) is 4.79 Å². The Kier molecular flexibility index (Phi) is 4.18. The largest absolute Gasteiger partial charge is 0.495 e. The lowest BCUT2D eigenvalue weighted by Gasteiger charge is -2.27. The first-order valence-electron chi connectivity index (χ1n) is 7.78. The van der Waals surface area contributed by atoms with Crippen LogP contribution in [0, 0.1) is 5.41 Å². The lowest BCUT2D eigenvalue weighted by atomic mass is 9.85. The number of halogens is 1. The van der Waals surface area contributed by atoms with Gasteiger partial charge in [-0.25, -0.2) is 4.79 Å². The van der Waals surface area contributed by atoms with Gasteiger partial charge in [0, 0.05) is 0 Å². The first-order valence-corrected chi connectivity index (χ1v) is 8.16. The highest BCUT2D eigenvalue weighted by Gasteiger charge is 2.39. The van der Waals surface area contributed by atoms with Crippen LogP contribution in [-0.4, -0.2) is 18.3 Å². The maximum absolute atomic E-state index is 11.1. The van der Waals surface area contributed by atoms with Crippen molar-refractivity contribution in [3.8, 4) is 16.9 Å². The van der Waals surface area contributed by atoms with Crippen LogP contribution in [0.3, 0.4) is 0 Å². The molecule has 2 N–H and O–H groups in total. The molecule has 0 radical (unpaired) electrons. The van der Waals surface area contributed by atoms with Gasteiger partial charge in [-0.15, -0.1) is 0 Å². The third-order valence-electron chi connectivity index (χ3n) is 4.63. The molecule has 1 amide bonds. The summed E-state index contributed by atoms with van der Waals surface area (Å²) in [5.41, 5.74) is 4.13. The Morgan fingerprint density at radius 2 is 1.92 bits per heavy atom. The highest BCUT2D eigenvalue weighted by atomic mass is 35.5. The summed E-state index contributed by atoms with van der Waals surface area (Å²) in [4.78, 5) is 11.1. The summed E-state index contributed by atoms with van der Waals surface area (Å²) in [6.45, 7) is 4.16. The SMILES string of the molecule is COc1ccc(-c2ccc3c(c2)CC(C)(C)[C@H]3NC(=O)O)cc1Cl. The van der Waals surface area contributed by atoms with E-state index in [4.69, 9.17) is 21.4 Å². The zero-order valence-corrected chi connectivity index (χ0v) is 14.6. The fourth-order valence-electron chi connectivity index (χ4n) is 3.48. The molecule has 5 heteroatoms. The van der Waals surface area contributed by atoms with E-state index in [-0.39, 0.29) is 11.5 Å². The summed E-state index contributed by atoms with van der Waals surface area (Å²) in [6, 6.07) is 11.7. The smallest absolute Gasteiger partial charge is 0.405 e. The minimum absolute atomic E-state index is 0.156. The molecule has 24 heavy (non-hydrogen) atoms. The number of ether oxygens (including phenoxy) is 1. The summed E-state index contributed by atoms with van der Waals surface area (Å²) in [5.74, 6) is 0.647. The zero-order chi connectivity index (χ0) is 17.5. The number of carboxylic acid groups (broad SMARTS) is 1. The van der Waals surface area contributed by atoms with Crippen molar-refractivity contribution in [3.05, 3.63) is 52.5 Å². The van der Waals surface area contributed by atoms with Gasteiger partial charge in [-0.05, 0) is 46.2 Å². The number of nitrogens with one attached hydrogen (secondary N) is 1. The van der Waals surface area contributed by atoms with Crippen LogP contribution in [0.5, 0.6) is 5.75 Å². The van der Waals surface area contributed by atoms with Crippen LogP contribution in [0.15, 0.2) is 36.4 Å². The maximum Gasteiger partial charge on any atom is 0.405 e. The molecule has 2 aromatic carbocycles. The minimum Gasteiger partial charge on any atom is -0.495 e. The fraction of sp³-hybridized carbons (Fsp3) is 0.316. The topological polar surface area (TPSA) is 58.6 Å². The molecule has 0 heterocycles. The van der Waals surface area contributed by atoms with Gasteiger partial charge in [-0.3, -0.25) is 0 Å². The maximum atomic E-state index is 11.1. The highest BCUT2D eigenvalue weighted by molar-refractivity contribution is 6.32. The van der Waals surface area contributed by atoms with Crippen molar-refractivity contribution in [2.75, 3.05) is 7.11 Å². The van der Waals surface area contributed by atoms with Crippen LogP contribution < -0.4 is 10.1 Å². The molecule has 1 aliphatic rings. The van der Waals surface area contributed by atoms with Crippen LogP contribution in [0.1, 0.15) is 31.0 Å². The van der Waals surface area contributed by atoms with E-state index in [0.29, 0.717) is 10.8 Å². The van der Waals surface area contributed by atoms with Gasteiger partial charge >= 0.3 is 6.09 Å². The fourth-order valence-corrected chi connectivity index (χ4v) is 3.73. The Hall–Kier alpha value is -2.20. The molecule has 0 saturated carbocycles. The number of hydrogen-bond donors (Lipinski definition) is 2. The summed E-state index contributed by atoms with van der Waals surface area (Å²) in [7, 11) is 1.59. The first kappa shape index (κ1) is 16.7. The molecule has 0 aliphatic heterocycles. The molecule has 3 rings (SSSR count). The molecule has 1 aliphatic carbocycles. The van der Waals surface area contributed by atoms with Crippen molar-refractivity contribution >= 4 is 17.7 Å². The summed E-state index contributed by atoms with van der Waals surface area (Å²) in [6.07, 6.45) is -0.169. The van der Waals surface area contributed by atoms with Crippen molar-refractivity contribution in [1.29, 1.82) is 0 Å². The van der Waals surface area contributed by atoms with E-state index in [9.17, 15) is 4.79 Å². The van der Waals surface area contributed by atoms with Crippen LogP contribution in [-0.2, 0) is 6.42 Å². The summed E-state index contributed by atoms with van der Waals surface area (Å²) in [5, 5.41) is 12.3. The van der Waals surface area contributed by atoms with E-state index in [0.717, 1.165) is 23.1 Å². The Balaban J connectivity index is 1.99. The minimum atomic E-state index is -0.994. The first-order chi connectivity index (χ1) is 11.3. The van der Waals surface area contributed by atoms with Gasteiger partial charge in [0.15, 0.2) is 0 Å². The quantitative estimate of drug-likeness (QED) is 0.831. The van der Waals surface area contributed by atoms with E-state index >= 15 is 0 Å². The molecule has 0 fully saturated rings. The molecule has 1 atom stereocenters. The van der Waals surface area contributed by atoms with Crippen LogP contribution >= 0.6 is 11.6 Å². The lowest BCUT2D eigenvalue weighted by molar-refractivity contribution is 0.175. The van der Waals surface area contributed by atoms with Crippen LogP contribution in [0.2, 0.25) is 5.02 Å². The van der Waals surface area contributed by atoms with E-state index in [1.165, 1.54) is 5.56 Å². The highest BCUT2D eigenvalue weighted by Crippen LogP contribution is 2.46. The van der Waals surface area contributed by atoms with E-state index in [1.54, 1.807) is 7.11 Å². The number of hydrogen-bond acceptors (Lipinski definition) is 2. The second kappa shape index (κ2) is 6.02. The molecule has 0 unspecified atom stereocenters. The number of rotatable bonds is 3. The number of benzene rings is 2. The monoisotopic (exact) mass is 345 g/mol. The van der Waals surface area contributed by atoms with E-state index < -0.39 is 6.09 Å². The Bertz CT molecular complexity index is 801. The van der Waals surface area contributed by atoms with Gasteiger partial charge in [0.25, 0.3) is 0 Å². The van der Waals surface area contributed by atoms with Crippen LogP contribution in [0.25, 0.3) is 11.1 Å². The molecule has 0 saturated heterocycles. The van der Waals surface area contributed by atoms with Gasteiger partial charge in [0.05, 0.1) is 18.2 Å². The normalized spacial score (nSPS) is 18.1. The molecular formula is C19H20ClNO3. The molecule has 4 nitrogen and oxygen atoms in total. The summed E-state index contributed by atoms with van der Waals surface area (Å²) < 4.78 is 5.19. The van der Waals surface area contributed by atoms with Gasteiger partial charge in [-0.1, -0.05) is 49.7 Å². The van der Waals surface area contributed by atoms with Crippen molar-refractivity contribution < 1.29 is 14.6 Å². The van der Waals surface area contributed by atoms with Gasteiger partial charge in [0.1, 0.15) is 5.75 Å². The molecule has 0 aromatic heterocycles. The van der Waals surface area contributed by atoms with E-state index in [1.807, 2.05) is 30.3 Å². The second-order valence-corrected chi connectivity index (χ2v) is 7.22. The van der Waals surface area contributed by atoms with Gasteiger partial charge in [-0.2, -0.15) is 0 Å². The van der Waals surface area contributed by atoms with Gasteiger partial charge in [0.2, 0.25) is 0 Å². The number of amides is 1. The second-order valence-electron chi connectivity index (χ2n) is 6.81. The third kappa shape index (κ3) is 2.94. The predicted molar refractivity (Wildman–Crippen MR) is 94.8 cm³/mol. The summed E-state index contributed by atoms with van der Waals surface area (Å²) >= 11 is 6.22. The molecule has 2 aromatic rings. The molecular weight excluding hydrogens is 326 g/mol. The van der Waals surface area contributed by atoms with Crippen molar-refractivity contribution in [3.63, 3.8) is 0 Å². The van der Waals surface area contributed by atoms with E-state index in [2.05, 4.69) is 25.2 Å². The Morgan fingerprint density at radius 1 is 1.25 bits per heavy atom. The number of fused-ring (bicyclic) bond motifs is 1. The van der Waals surface area contributed by atoms with Crippen molar-refractivity contribution in [2.24, 2.45) is 5.41 Å². The average Bonchev–Trinajstić information content (AvgIpc) is 2.76. The third-order valence-corrected chi connectivity index (χ3v) is 4.93. The van der Waals surface area contributed by atoms with Crippen molar-refractivity contribution in [2.45, 2.75) is 26.3 Å². The molecule has 0 spiro atoms. The Labute approximate surface area is 146 Å². The molecule has 126 valence electrons. The lowest BCUT2D eigenvalue weighted by Crippen LogP contribution is -2.34. The van der Waals surface area contributed by atoms with Gasteiger partial charge < -0.3 is 15.2 Å². The number of carbonyl (C=O) groups is 1.